The molecule has 22 heavy (non-hydrogen) atoms. The Labute approximate surface area is 137 Å². The average molecular weight is 305 g/mol. The summed E-state index contributed by atoms with van der Waals surface area (Å²) in [6.07, 6.45) is 13.7. The fourth-order valence-corrected chi connectivity index (χ4v) is 8.14. The second-order valence-electron chi connectivity index (χ2n) is 9.78. The van der Waals surface area contributed by atoms with Crippen molar-refractivity contribution in [2.75, 3.05) is 7.11 Å². The average Bonchev–Trinajstić information content (AvgIpc) is 2.83. The van der Waals surface area contributed by atoms with Crippen LogP contribution in [0.5, 0.6) is 0 Å². The molecular weight excluding hydrogens is 268 g/mol. The van der Waals surface area contributed by atoms with Gasteiger partial charge in [-0.25, -0.2) is 0 Å². The minimum Gasteiger partial charge on any atom is -0.381 e. The maximum absolute atomic E-state index is 5.91. The van der Waals surface area contributed by atoms with Crippen LogP contribution in [0.15, 0.2) is 0 Å². The molecule has 0 spiro atoms. The van der Waals surface area contributed by atoms with Gasteiger partial charge in [0.2, 0.25) is 0 Å². The van der Waals surface area contributed by atoms with E-state index in [1.165, 1.54) is 57.8 Å². The summed E-state index contributed by atoms with van der Waals surface area (Å²) < 4.78 is 5.91. The third-order valence-electron chi connectivity index (χ3n) is 9.20. The first-order chi connectivity index (χ1) is 10.5. The number of ether oxygens (including phenoxy) is 1. The van der Waals surface area contributed by atoms with E-state index in [9.17, 15) is 0 Å². The Hall–Kier alpha value is -0.0400. The normalized spacial score (nSPS) is 57.8. The lowest BCUT2D eigenvalue weighted by atomic mass is 9.44. The van der Waals surface area contributed by atoms with Crippen molar-refractivity contribution in [3.05, 3.63) is 0 Å². The molecular formula is C21H36O. The van der Waals surface area contributed by atoms with Gasteiger partial charge in [0.15, 0.2) is 0 Å². The molecule has 4 aliphatic carbocycles. The van der Waals surface area contributed by atoms with Gasteiger partial charge in [-0.1, -0.05) is 33.6 Å². The van der Waals surface area contributed by atoms with Crippen LogP contribution in [0.3, 0.4) is 0 Å². The zero-order chi connectivity index (χ0) is 15.5. The number of hydrogen-bond acceptors (Lipinski definition) is 1. The summed E-state index contributed by atoms with van der Waals surface area (Å²) in [7, 11) is 1.95. The maximum atomic E-state index is 5.91. The van der Waals surface area contributed by atoms with E-state index in [2.05, 4.69) is 20.8 Å². The molecule has 126 valence electrons. The van der Waals surface area contributed by atoms with Gasteiger partial charge in [-0.05, 0) is 85.4 Å². The summed E-state index contributed by atoms with van der Waals surface area (Å²) in [4.78, 5) is 0. The molecule has 0 aromatic carbocycles. The lowest BCUT2D eigenvalue weighted by Crippen LogP contribution is -2.54. The molecule has 8 atom stereocenters. The first-order valence-corrected chi connectivity index (χ1v) is 10.0. The zero-order valence-electron chi connectivity index (χ0n) is 15.2. The molecule has 0 aliphatic heterocycles. The summed E-state index contributed by atoms with van der Waals surface area (Å²) in [5.74, 6) is 4.97. The Kier molecular flexibility index (Phi) is 3.68. The molecule has 4 fully saturated rings. The molecule has 1 heteroatoms. The van der Waals surface area contributed by atoms with Crippen LogP contribution >= 0.6 is 0 Å². The molecule has 4 aliphatic rings. The smallest absolute Gasteiger partial charge is 0.0627 e. The molecule has 0 radical (unpaired) electrons. The summed E-state index contributed by atoms with van der Waals surface area (Å²) in [5.41, 5.74) is 1.15. The van der Waals surface area contributed by atoms with Crippen molar-refractivity contribution in [2.24, 2.45) is 40.4 Å². The summed E-state index contributed by atoms with van der Waals surface area (Å²) in [6.45, 7) is 7.80. The quantitative estimate of drug-likeness (QED) is 0.605. The van der Waals surface area contributed by atoms with Gasteiger partial charge in [-0.15, -0.1) is 0 Å². The molecule has 0 N–H and O–H groups in total. The van der Waals surface area contributed by atoms with Crippen molar-refractivity contribution in [2.45, 2.75) is 84.7 Å². The molecule has 0 amide bonds. The molecule has 0 saturated heterocycles. The highest BCUT2D eigenvalue weighted by Gasteiger charge is 2.60. The largest absolute Gasteiger partial charge is 0.381 e. The van der Waals surface area contributed by atoms with Crippen molar-refractivity contribution in [1.82, 2.24) is 0 Å². The van der Waals surface area contributed by atoms with Crippen molar-refractivity contribution >= 4 is 0 Å². The number of hydrogen-bond donors (Lipinski definition) is 0. The van der Waals surface area contributed by atoms with Crippen molar-refractivity contribution < 1.29 is 4.74 Å². The standard InChI is InChI=1S/C21H36O/c1-14-6-5-12-20(2)16(14)8-7-15-17-9-10-19(22-4)21(17,3)13-11-18(15)20/h14-19H,5-13H2,1-4H3. The molecule has 1 nitrogen and oxygen atoms in total. The van der Waals surface area contributed by atoms with E-state index >= 15 is 0 Å². The minimum atomic E-state index is 0.486. The van der Waals surface area contributed by atoms with Crippen LogP contribution < -0.4 is 0 Å². The fourth-order valence-electron chi connectivity index (χ4n) is 8.14. The Bertz CT molecular complexity index is 432. The molecule has 4 rings (SSSR count). The van der Waals surface area contributed by atoms with Gasteiger partial charge < -0.3 is 4.74 Å². The van der Waals surface area contributed by atoms with E-state index in [1.807, 2.05) is 7.11 Å². The fraction of sp³-hybridized carbons (Fsp3) is 1.00. The van der Waals surface area contributed by atoms with Crippen molar-refractivity contribution in [3.63, 3.8) is 0 Å². The van der Waals surface area contributed by atoms with E-state index in [1.54, 1.807) is 0 Å². The van der Waals surface area contributed by atoms with Crippen LogP contribution in [0.25, 0.3) is 0 Å². The van der Waals surface area contributed by atoms with Crippen LogP contribution in [0.2, 0.25) is 0 Å². The predicted octanol–water partition coefficient (Wildman–Crippen LogP) is 5.68. The first kappa shape index (κ1) is 15.5. The van der Waals surface area contributed by atoms with Crippen LogP contribution in [0.1, 0.15) is 78.6 Å². The molecule has 4 saturated carbocycles. The molecule has 0 aromatic heterocycles. The van der Waals surface area contributed by atoms with Crippen LogP contribution in [-0.2, 0) is 4.74 Å². The Morgan fingerprint density at radius 3 is 2.27 bits per heavy atom. The van der Waals surface area contributed by atoms with Gasteiger partial charge in [0, 0.05) is 7.11 Å². The molecule has 0 bridgehead atoms. The Morgan fingerprint density at radius 1 is 0.773 bits per heavy atom. The number of fused-ring (bicyclic) bond motifs is 5. The molecule has 0 heterocycles. The van der Waals surface area contributed by atoms with Gasteiger partial charge in [-0.2, -0.15) is 0 Å². The highest BCUT2D eigenvalue weighted by Crippen LogP contribution is 2.67. The highest BCUT2D eigenvalue weighted by molar-refractivity contribution is 5.09. The van der Waals surface area contributed by atoms with E-state index in [4.69, 9.17) is 4.74 Å². The monoisotopic (exact) mass is 304 g/mol. The van der Waals surface area contributed by atoms with Crippen molar-refractivity contribution in [1.29, 1.82) is 0 Å². The van der Waals surface area contributed by atoms with Gasteiger partial charge in [-0.3, -0.25) is 0 Å². The summed E-state index contributed by atoms with van der Waals surface area (Å²) in [6, 6.07) is 0. The molecule has 8 unspecified atom stereocenters. The Balaban J connectivity index is 1.63. The number of methoxy groups -OCH3 is 1. The van der Waals surface area contributed by atoms with E-state index < -0.39 is 0 Å². The van der Waals surface area contributed by atoms with Gasteiger partial charge in [0.1, 0.15) is 0 Å². The predicted molar refractivity (Wildman–Crippen MR) is 91.7 cm³/mol. The first-order valence-electron chi connectivity index (χ1n) is 10.0. The van der Waals surface area contributed by atoms with E-state index in [0.717, 1.165) is 29.6 Å². The maximum Gasteiger partial charge on any atom is 0.0627 e. The van der Waals surface area contributed by atoms with Crippen LogP contribution in [-0.4, -0.2) is 13.2 Å². The van der Waals surface area contributed by atoms with Crippen LogP contribution in [0.4, 0.5) is 0 Å². The lowest BCUT2D eigenvalue weighted by molar-refractivity contribution is -0.136. The molecule has 0 aromatic rings. The third kappa shape index (κ3) is 1.93. The summed E-state index contributed by atoms with van der Waals surface area (Å²) >= 11 is 0. The lowest BCUT2D eigenvalue weighted by Gasteiger charge is -2.61. The van der Waals surface area contributed by atoms with E-state index in [-0.39, 0.29) is 0 Å². The SMILES string of the molecule is COC1CCC2C3CCC4C(C)CCCC4(C)C3CCC12C. The number of rotatable bonds is 1. The Morgan fingerprint density at radius 2 is 1.50 bits per heavy atom. The van der Waals surface area contributed by atoms with Gasteiger partial charge in [0.05, 0.1) is 6.10 Å². The summed E-state index contributed by atoms with van der Waals surface area (Å²) in [5, 5.41) is 0. The second kappa shape index (κ2) is 5.23. The van der Waals surface area contributed by atoms with Gasteiger partial charge in [0.25, 0.3) is 0 Å². The second-order valence-corrected chi connectivity index (χ2v) is 9.78. The highest BCUT2D eigenvalue weighted by atomic mass is 16.5. The topological polar surface area (TPSA) is 9.23 Å². The minimum absolute atomic E-state index is 0.486. The van der Waals surface area contributed by atoms with Gasteiger partial charge >= 0.3 is 0 Å². The van der Waals surface area contributed by atoms with Crippen molar-refractivity contribution in [3.8, 4) is 0 Å². The zero-order valence-corrected chi connectivity index (χ0v) is 15.2. The van der Waals surface area contributed by atoms with E-state index in [0.29, 0.717) is 16.9 Å². The van der Waals surface area contributed by atoms with Crippen LogP contribution in [0, 0.1) is 40.4 Å². The third-order valence-corrected chi connectivity index (χ3v) is 9.20.